The molecular formula is C13H13BrN4O2. The maximum Gasteiger partial charge on any atom is 0.268 e. The van der Waals surface area contributed by atoms with Crippen LogP contribution in [0.3, 0.4) is 0 Å². The monoisotopic (exact) mass is 336 g/mol. The molecule has 6 nitrogen and oxygen atoms in total. The van der Waals surface area contributed by atoms with Crippen molar-refractivity contribution < 1.29 is 4.79 Å². The van der Waals surface area contributed by atoms with E-state index in [1.165, 1.54) is 10.9 Å². The third-order valence-electron chi connectivity index (χ3n) is 2.86. The van der Waals surface area contributed by atoms with E-state index < -0.39 is 0 Å². The van der Waals surface area contributed by atoms with E-state index in [2.05, 4.69) is 26.3 Å². The topological polar surface area (TPSA) is 90.0 Å². The number of rotatable bonds is 3. The molecule has 3 N–H and O–H groups in total. The van der Waals surface area contributed by atoms with Gasteiger partial charge in [0.25, 0.3) is 11.5 Å². The first-order valence-corrected chi connectivity index (χ1v) is 6.63. The Morgan fingerprint density at radius 1 is 1.40 bits per heavy atom. The van der Waals surface area contributed by atoms with Crippen LogP contribution in [0.5, 0.6) is 0 Å². The minimum absolute atomic E-state index is 0.138. The van der Waals surface area contributed by atoms with E-state index >= 15 is 0 Å². The van der Waals surface area contributed by atoms with Crippen molar-refractivity contribution in [1.82, 2.24) is 15.0 Å². The van der Waals surface area contributed by atoms with Gasteiger partial charge in [0.1, 0.15) is 4.47 Å². The number of nitrogen functional groups attached to an aromatic ring is 1. The van der Waals surface area contributed by atoms with Gasteiger partial charge in [0, 0.05) is 5.56 Å². The molecule has 0 radical (unpaired) electrons. The molecule has 2 aromatic rings. The average Bonchev–Trinajstić information content (AvgIpc) is 2.48. The van der Waals surface area contributed by atoms with Gasteiger partial charge in [-0.3, -0.25) is 19.6 Å². The zero-order valence-corrected chi connectivity index (χ0v) is 12.3. The summed E-state index contributed by atoms with van der Waals surface area (Å²) in [6.45, 7) is 2.14. The zero-order chi connectivity index (χ0) is 14.7. The summed E-state index contributed by atoms with van der Waals surface area (Å²) >= 11 is 3.22. The fraction of sp³-hybridized carbons (Fsp3) is 0.154. The number of hydrogen-bond acceptors (Lipinski definition) is 4. The van der Waals surface area contributed by atoms with Crippen molar-refractivity contribution in [1.29, 1.82) is 0 Å². The van der Waals surface area contributed by atoms with Crippen molar-refractivity contribution in [2.24, 2.45) is 5.84 Å². The lowest BCUT2D eigenvalue weighted by molar-refractivity contribution is 0.0953. The van der Waals surface area contributed by atoms with Gasteiger partial charge in [0.2, 0.25) is 0 Å². The highest BCUT2D eigenvalue weighted by molar-refractivity contribution is 9.10. The Kier molecular flexibility index (Phi) is 4.31. The van der Waals surface area contributed by atoms with Crippen molar-refractivity contribution in [3.05, 3.63) is 62.2 Å². The van der Waals surface area contributed by atoms with Crippen LogP contribution >= 0.6 is 15.9 Å². The third-order valence-corrected chi connectivity index (χ3v) is 3.77. The fourth-order valence-electron chi connectivity index (χ4n) is 1.70. The van der Waals surface area contributed by atoms with Crippen LogP contribution in [0.2, 0.25) is 0 Å². The summed E-state index contributed by atoms with van der Waals surface area (Å²) in [7, 11) is 0. The molecule has 0 saturated heterocycles. The van der Waals surface area contributed by atoms with E-state index in [-0.39, 0.29) is 11.5 Å². The van der Waals surface area contributed by atoms with Gasteiger partial charge in [-0.25, -0.2) is 10.8 Å². The minimum Gasteiger partial charge on any atom is -0.294 e. The average molecular weight is 337 g/mol. The van der Waals surface area contributed by atoms with Gasteiger partial charge in [-0.2, -0.15) is 0 Å². The standard InChI is InChI=1S/C13H13BrN4O2/c1-8-11(14)13(20)18(7-16-8)6-9-2-4-10(5-3-9)12(19)17-15/h2-5,7H,6,15H2,1H3,(H,17,19). The van der Waals surface area contributed by atoms with Crippen molar-refractivity contribution >= 4 is 21.8 Å². The first-order chi connectivity index (χ1) is 9.52. The number of benzene rings is 1. The van der Waals surface area contributed by atoms with E-state index in [0.29, 0.717) is 22.3 Å². The predicted molar refractivity (Wildman–Crippen MR) is 78.1 cm³/mol. The number of nitrogens with two attached hydrogens (primary N) is 1. The molecule has 0 aliphatic heterocycles. The summed E-state index contributed by atoms with van der Waals surface area (Å²) in [4.78, 5) is 27.5. The molecule has 0 aliphatic rings. The van der Waals surface area contributed by atoms with Gasteiger partial charge >= 0.3 is 0 Å². The molecule has 1 heterocycles. The van der Waals surface area contributed by atoms with Crippen LogP contribution in [0.4, 0.5) is 0 Å². The van der Waals surface area contributed by atoms with Crippen LogP contribution in [-0.2, 0) is 6.54 Å². The quantitative estimate of drug-likeness (QED) is 0.496. The van der Waals surface area contributed by atoms with Crippen LogP contribution in [-0.4, -0.2) is 15.5 Å². The lowest BCUT2D eigenvalue weighted by atomic mass is 10.1. The molecule has 0 unspecified atom stereocenters. The van der Waals surface area contributed by atoms with E-state index in [9.17, 15) is 9.59 Å². The smallest absolute Gasteiger partial charge is 0.268 e. The number of nitrogens with one attached hydrogen (secondary N) is 1. The minimum atomic E-state index is -0.353. The molecule has 2 rings (SSSR count). The molecule has 7 heteroatoms. The lowest BCUT2D eigenvalue weighted by Crippen LogP contribution is -2.29. The Morgan fingerprint density at radius 3 is 2.65 bits per heavy atom. The molecule has 1 aromatic carbocycles. The van der Waals surface area contributed by atoms with Gasteiger partial charge in [-0.1, -0.05) is 12.1 Å². The number of aryl methyl sites for hydroxylation is 1. The molecule has 1 aromatic heterocycles. The first-order valence-electron chi connectivity index (χ1n) is 5.84. The van der Waals surface area contributed by atoms with Gasteiger partial charge in [0.05, 0.1) is 18.6 Å². The highest BCUT2D eigenvalue weighted by Crippen LogP contribution is 2.09. The maximum atomic E-state index is 12.0. The highest BCUT2D eigenvalue weighted by Gasteiger charge is 2.07. The number of carbonyl (C=O) groups excluding carboxylic acids is 1. The Bertz CT molecular complexity index is 695. The van der Waals surface area contributed by atoms with Gasteiger partial charge in [0.15, 0.2) is 0 Å². The summed E-state index contributed by atoms with van der Waals surface area (Å²) in [6, 6.07) is 6.84. The number of amides is 1. The zero-order valence-electron chi connectivity index (χ0n) is 10.8. The molecule has 0 aliphatic carbocycles. The lowest BCUT2D eigenvalue weighted by Gasteiger charge is -2.07. The second-order valence-corrected chi connectivity index (χ2v) is 5.04. The second kappa shape index (κ2) is 5.98. The maximum absolute atomic E-state index is 12.0. The largest absolute Gasteiger partial charge is 0.294 e. The van der Waals surface area contributed by atoms with Crippen molar-refractivity contribution in [3.63, 3.8) is 0 Å². The van der Waals surface area contributed by atoms with E-state index in [0.717, 1.165) is 5.56 Å². The number of halogens is 1. The van der Waals surface area contributed by atoms with Crippen molar-refractivity contribution in [2.45, 2.75) is 13.5 Å². The van der Waals surface area contributed by atoms with Crippen LogP contribution in [0.15, 0.2) is 39.9 Å². The predicted octanol–water partition coefficient (Wildman–Crippen LogP) is 0.966. The first kappa shape index (κ1) is 14.4. The van der Waals surface area contributed by atoms with Gasteiger partial charge in [-0.15, -0.1) is 0 Å². The highest BCUT2D eigenvalue weighted by atomic mass is 79.9. The molecule has 0 spiro atoms. The molecule has 0 bridgehead atoms. The molecule has 1 amide bonds. The third kappa shape index (κ3) is 2.94. The Labute approximate surface area is 123 Å². The summed E-state index contributed by atoms with van der Waals surface area (Å²) < 4.78 is 1.95. The number of nitrogens with zero attached hydrogens (tertiary/aromatic N) is 2. The van der Waals surface area contributed by atoms with Crippen LogP contribution < -0.4 is 16.8 Å². The van der Waals surface area contributed by atoms with E-state index in [1.54, 1.807) is 31.2 Å². The molecule has 0 saturated carbocycles. The van der Waals surface area contributed by atoms with Crippen molar-refractivity contribution in [2.75, 3.05) is 0 Å². The number of aromatic nitrogens is 2. The Hall–Kier alpha value is -1.99. The van der Waals surface area contributed by atoms with Gasteiger partial charge in [-0.05, 0) is 40.5 Å². The SMILES string of the molecule is Cc1ncn(Cc2ccc(C(=O)NN)cc2)c(=O)c1Br. The summed E-state index contributed by atoms with van der Waals surface area (Å²) in [5.41, 5.74) is 3.93. The van der Waals surface area contributed by atoms with Gasteiger partial charge < -0.3 is 0 Å². The normalized spacial score (nSPS) is 10.3. The molecule has 0 fully saturated rings. The summed E-state index contributed by atoms with van der Waals surface area (Å²) in [5, 5.41) is 0. The van der Waals surface area contributed by atoms with Crippen LogP contribution in [0.1, 0.15) is 21.6 Å². The summed E-state index contributed by atoms with van der Waals surface area (Å²) in [6.07, 6.45) is 1.50. The van der Waals surface area contributed by atoms with Crippen LogP contribution in [0, 0.1) is 6.92 Å². The Morgan fingerprint density at radius 2 is 2.05 bits per heavy atom. The molecule has 20 heavy (non-hydrogen) atoms. The molecule has 104 valence electrons. The van der Waals surface area contributed by atoms with E-state index in [4.69, 9.17) is 5.84 Å². The number of hydrazine groups is 1. The molecular weight excluding hydrogens is 324 g/mol. The van der Waals surface area contributed by atoms with E-state index in [1.807, 2.05) is 0 Å². The number of carbonyl (C=O) groups is 1. The van der Waals surface area contributed by atoms with Crippen molar-refractivity contribution in [3.8, 4) is 0 Å². The summed E-state index contributed by atoms with van der Waals surface area (Å²) in [5.74, 6) is 4.70. The Balaban J connectivity index is 2.25. The molecule has 0 atom stereocenters. The van der Waals surface area contributed by atoms with Crippen LogP contribution in [0.25, 0.3) is 0 Å². The fourth-order valence-corrected chi connectivity index (χ4v) is 2.03. The second-order valence-electron chi connectivity index (χ2n) is 4.25. The number of hydrogen-bond donors (Lipinski definition) is 2.